The normalized spacial score (nSPS) is 31.4. The van der Waals surface area contributed by atoms with Crippen molar-refractivity contribution in [3.8, 4) is 5.75 Å². The summed E-state index contributed by atoms with van der Waals surface area (Å²) in [6.45, 7) is -0.704. The third-order valence-electron chi connectivity index (χ3n) is 5.06. The van der Waals surface area contributed by atoms with Crippen LogP contribution in [0.2, 0.25) is 0 Å². The van der Waals surface area contributed by atoms with Crippen LogP contribution in [0, 0.1) is 0 Å². The first kappa shape index (κ1) is 22.1. The number of carbonyl (C=O) groups excluding carboxylic acids is 1. The number of aliphatic hydroxyl groups excluding tert-OH is 2. The molecule has 6 atom stereocenters. The molecule has 2 unspecified atom stereocenters. The monoisotopic (exact) mass is 468 g/mol. The van der Waals surface area contributed by atoms with E-state index in [9.17, 15) is 28.5 Å². The Balaban J connectivity index is 1.37. The van der Waals surface area contributed by atoms with Gasteiger partial charge in [0.1, 0.15) is 42.3 Å². The van der Waals surface area contributed by atoms with Gasteiger partial charge in [-0.1, -0.05) is 12.1 Å². The van der Waals surface area contributed by atoms with Crippen LogP contribution in [0.1, 0.15) is 10.4 Å². The quantitative estimate of drug-likeness (QED) is 0.291. The van der Waals surface area contributed by atoms with Crippen LogP contribution in [0.3, 0.4) is 0 Å². The molecule has 0 bridgehead atoms. The molecule has 32 heavy (non-hydrogen) atoms. The number of nitrogens with two attached hydrogens (primary N) is 1. The summed E-state index contributed by atoms with van der Waals surface area (Å²) >= 11 is 0. The van der Waals surface area contributed by atoms with Gasteiger partial charge in [-0.25, -0.2) is 14.7 Å². The first-order valence-corrected chi connectivity index (χ1v) is 10.8. The van der Waals surface area contributed by atoms with Gasteiger partial charge in [-0.2, -0.15) is 8.42 Å². The molecule has 0 saturated carbocycles. The number of amidine groups is 1. The van der Waals surface area contributed by atoms with Crippen molar-refractivity contribution in [1.82, 2.24) is 9.62 Å². The average Bonchev–Trinajstić information content (AvgIpc) is 3.29. The number of ether oxygens (including phenoxy) is 1. The number of benzene rings is 1. The van der Waals surface area contributed by atoms with Crippen molar-refractivity contribution in [2.24, 2.45) is 20.7 Å². The van der Waals surface area contributed by atoms with Gasteiger partial charge in [0.05, 0.1) is 18.5 Å². The van der Waals surface area contributed by atoms with Gasteiger partial charge in [0.25, 0.3) is 5.91 Å². The number of rotatable bonds is 6. The Labute approximate surface area is 182 Å². The van der Waals surface area contributed by atoms with Gasteiger partial charge >= 0.3 is 10.3 Å². The van der Waals surface area contributed by atoms with E-state index in [1.54, 1.807) is 4.72 Å². The third kappa shape index (κ3) is 4.15. The van der Waals surface area contributed by atoms with E-state index in [4.69, 9.17) is 14.7 Å². The lowest BCUT2D eigenvalue weighted by Crippen LogP contribution is -2.51. The summed E-state index contributed by atoms with van der Waals surface area (Å²) in [6, 6.07) is 4.77. The molecule has 14 nitrogen and oxygen atoms in total. The molecule has 1 amide bonds. The van der Waals surface area contributed by atoms with Crippen molar-refractivity contribution in [1.29, 1.82) is 0 Å². The van der Waals surface area contributed by atoms with E-state index < -0.39 is 65.3 Å². The highest BCUT2D eigenvalue weighted by Crippen LogP contribution is 2.29. The van der Waals surface area contributed by atoms with Crippen molar-refractivity contribution >= 4 is 34.7 Å². The molecule has 1 fully saturated rings. The summed E-state index contributed by atoms with van der Waals surface area (Å²) in [5, 5.41) is 30.4. The second-order valence-electron chi connectivity index (χ2n) is 7.12. The molecule has 3 aliphatic rings. The molecule has 6 N–H and O–H groups in total. The Bertz CT molecular complexity index is 1090. The van der Waals surface area contributed by atoms with Crippen LogP contribution in [0.5, 0.6) is 5.75 Å². The average molecular weight is 468 g/mol. The van der Waals surface area contributed by atoms with Gasteiger partial charge in [-0.05, 0) is 12.1 Å². The van der Waals surface area contributed by atoms with E-state index in [-0.39, 0.29) is 11.4 Å². The lowest BCUT2D eigenvalue weighted by molar-refractivity contribution is -0.0751. The number of amides is 1. The van der Waals surface area contributed by atoms with E-state index in [1.807, 2.05) is 0 Å². The zero-order chi connectivity index (χ0) is 23.0. The largest absolute Gasteiger partial charge is 0.507 e. The Morgan fingerprint density at radius 1 is 1.25 bits per heavy atom. The van der Waals surface area contributed by atoms with Crippen LogP contribution in [-0.2, 0) is 19.2 Å². The van der Waals surface area contributed by atoms with E-state index in [2.05, 4.69) is 15.0 Å². The smallest absolute Gasteiger partial charge is 0.362 e. The van der Waals surface area contributed by atoms with Gasteiger partial charge < -0.3 is 30.7 Å². The standard InChI is InChI=1S/C17H20N6O8S/c18-14-11-15(20-6-19-14)23(7-21-11)17-13(26)12(25)10(31-17)5-30-32(28,29)22-16(27)8-3-1-2-4-9(8)24/h1-4,6-7,10-13,15,17,24-26H,5H2,(H,22,27)(H2,18,19,20)/t10-,11?,12-,13-,15?,17-/m1/s1. The summed E-state index contributed by atoms with van der Waals surface area (Å²) in [5.74, 6) is -1.30. The lowest BCUT2D eigenvalue weighted by Gasteiger charge is -2.31. The first-order chi connectivity index (χ1) is 15.2. The number of para-hydroxylation sites is 1. The summed E-state index contributed by atoms with van der Waals surface area (Å²) in [6.07, 6.45) is -3.35. The lowest BCUT2D eigenvalue weighted by atomic mass is 10.1. The van der Waals surface area contributed by atoms with Crippen molar-refractivity contribution in [3.05, 3.63) is 29.8 Å². The van der Waals surface area contributed by atoms with Gasteiger partial charge in [0, 0.05) is 0 Å². The van der Waals surface area contributed by atoms with Crippen molar-refractivity contribution in [2.75, 3.05) is 6.61 Å². The minimum absolute atomic E-state index is 0.225. The molecular formula is C17H20N6O8S. The summed E-state index contributed by atoms with van der Waals surface area (Å²) in [7, 11) is -4.62. The summed E-state index contributed by atoms with van der Waals surface area (Å²) in [5.41, 5.74) is 5.51. The number of nitrogens with one attached hydrogen (secondary N) is 1. The maximum absolute atomic E-state index is 12.1. The predicted octanol–water partition coefficient (Wildman–Crippen LogP) is -2.73. The number of fused-ring (bicyclic) bond motifs is 1. The predicted molar refractivity (Wildman–Crippen MR) is 109 cm³/mol. The first-order valence-electron chi connectivity index (χ1n) is 9.34. The van der Waals surface area contributed by atoms with E-state index >= 15 is 0 Å². The second-order valence-corrected chi connectivity index (χ2v) is 8.47. The topological polar surface area (TPSA) is 209 Å². The van der Waals surface area contributed by atoms with Gasteiger partial charge in [-0.15, -0.1) is 0 Å². The molecule has 3 aliphatic heterocycles. The molecule has 1 aromatic carbocycles. The van der Waals surface area contributed by atoms with Gasteiger partial charge in [0.2, 0.25) is 0 Å². The zero-order valence-electron chi connectivity index (χ0n) is 16.3. The molecule has 0 aliphatic carbocycles. The highest BCUT2D eigenvalue weighted by Gasteiger charge is 2.50. The number of hydrogen-bond acceptors (Lipinski definition) is 13. The second kappa shape index (κ2) is 8.44. The highest BCUT2D eigenvalue weighted by atomic mass is 32.2. The number of phenols is 1. The molecule has 15 heteroatoms. The van der Waals surface area contributed by atoms with Crippen molar-refractivity contribution in [3.63, 3.8) is 0 Å². The molecule has 3 heterocycles. The fourth-order valence-electron chi connectivity index (χ4n) is 3.44. The van der Waals surface area contributed by atoms with E-state index in [1.165, 1.54) is 41.8 Å². The maximum Gasteiger partial charge on any atom is 0.362 e. The molecule has 4 rings (SSSR count). The molecule has 1 aromatic rings. The van der Waals surface area contributed by atoms with Crippen molar-refractivity contribution in [2.45, 2.75) is 36.7 Å². The molecular weight excluding hydrogens is 448 g/mol. The van der Waals surface area contributed by atoms with Crippen LogP contribution < -0.4 is 10.5 Å². The molecule has 1 saturated heterocycles. The van der Waals surface area contributed by atoms with Crippen molar-refractivity contribution < 1.29 is 37.5 Å². The SMILES string of the molecule is NC1=NC=NC2C1N=CN2[C@@H]1O[C@H](COS(=O)(=O)NC(=O)c2ccccc2O)[C@@H](O)[C@H]1O. The molecule has 172 valence electrons. The number of aliphatic hydroxyl groups is 2. The van der Waals surface area contributed by atoms with E-state index in [0.29, 0.717) is 0 Å². The van der Waals surface area contributed by atoms with Crippen LogP contribution >= 0.6 is 0 Å². The Morgan fingerprint density at radius 3 is 2.75 bits per heavy atom. The number of aromatic hydroxyl groups is 1. The number of hydrogen-bond donors (Lipinski definition) is 5. The zero-order valence-corrected chi connectivity index (χ0v) is 17.1. The van der Waals surface area contributed by atoms with Crippen LogP contribution in [-0.4, -0.2) is 96.4 Å². The molecule has 0 spiro atoms. The van der Waals surface area contributed by atoms with Crippen LogP contribution in [0.15, 0.2) is 39.2 Å². The maximum atomic E-state index is 12.1. The fourth-order valence-corrected chi connectivity index (χ4v) is 4.15. The highest BCUT2D eigenvalue weighted by molar-refractivity contribution is 7.85. The van der Waals surface area contributed by atoms with Gasteiger partial charge in [-0.3, -0.25) is 14.0 Å². The Kier molecular flexibility index (Phi) is 5.83. The van der Waals surface area contributed by atoms with Crippen LogP contribution in [0.4, 0.5) is 0 Å². The Morgan fingerprint density at radius 2 is 2.00 bits per heavy atom. The molecule has 0 aromatic heterocycles. The minimum Gasteiger partial charge on any atom is -0.507 e. The fraction of sp³-hybridized carbons (Fsp3) is 0.412. The third-order valence-corrected chi connectivity index (χ3v) is 5.94. The van der Waals surface area contributed by atoms with Gasteiger partial charge in [0.15, 0.2) is 12.4 Å². The number of phenolic OH excluding ortho intramolecular Hbond substituents is 1. The number of carbonyl (C=O) groups is 1. The minimum atomic E-state index is -4.62. The number of nitrogens with zero attached hydrogens (tertiary/aromatic N) is 4. The Hall–Kier alpha value is -3.11. The van der Waals surface area contributed by atoms with Crippen LogP contribution in [0.25, 0.3) is 0 Å². The number of aliphatic imine (C=N–C) groups is 3. The summed E-state index contributed by atoms with van der Waals surface area (Å²) < 4.78 is 36.2. The summed E-state index contributed by atoms with van der Waals surface area (Å²) in [4.78, 5) is 25.7. The molecule has 0 radical (unpaired) electrons. The van der Waals surface area contributed by atoms with E-state index in [0.717, 1.165) is 0 Å².